The van der Waals surface area contributed by atoms with Crippen molar-refractivity contribution in [2.45, 2.75) is 12.8 Å². The van der Waals surface area contributed by atoms with Crippen LogP contribution in [0.2, 0.25) is 0 Å². The van der Waals surface area contributed by atoms with Crippen molar-refractivity contribution >= 4 is 5.69 Å². The quantitative estimate of drug-likeness (QED) is 0.639. The highest BCUT2D eigenvalue weighted by atomic mass is 16.6. The molecule has 1 aliphatic heterocycles. The van der Waals surface area contributed by atoms with Crippen molar-refractivity contribution in [1.29, 1.82) is 0 Å². The lowest BCUT2D eigenvalue weighted by Crippen LogP contribution is -2.11. The lowest BCUT2D eigenvalue weighted by Gasteiger charge is -2.10. The van der Waals surface area contributed by atoms with Gasteiger partial charge in [-0.25, -0.2) is 0 Å². The molecule has 0 radical (unpaired) electrons. The molecule has 5 nitrogen and oxygen atoms in total. The van der Waals surface area contributed by atoms with Gasteiger partial charge in [-0.3, -0.25) is 10.1 Å². The maximum absolute atomic E-state index is 11.1. The van der Waals surface area contributed by atoms with Crippen LogP contribution in [0.15, 0.2) is 18.2 Å². The minimum Gasteiger partial charge on any atom is -0.490 e. The predicted molar refractivity (Wildman–Crippen MR) is 64.3 cm³/mol. The molecule has 0 aliphatic carbocycles. The fourth-order valence-electron chi connectivity index (χ4n) is 2.30. The summed E-state index contributed by atoms with van der Waals surface area (Å²) in [7, 11) is 1.46. The minimum atomic E-state index is -0.351. The Morgan fingerprint density at radius 2 is 2.41 bits per heavy atom. The maximum Gasteiger partial charge on any atom is 0.314 e. The van der Waals surface area contributed by atoms with Crippen LogP contribution in [0.1, 0.15) is 12.0 Å². The van der Waals surface area contributed by atoms with Crippen molar-refractivity contribution in [3.63, 3.8) is 0 Å². The van der Waals surface area contributed by atoms with Gasteiger partial charge in [-0.1, -0.05) is 12.1 Å². The van der Waals surface area contributed by atoms with Gasteiger partial charge in [0, 0.05) is 5.56 Å². The van der Waals surface area contributed by atoms with E-state index in [-0.39, 0.29) is 10.6 Å². The molecule has 1 saturated heterocycles. The highest BCUT2D eigenvalue weighted by Gasteiger charge is 2.24. The molecule has 1 unspecified atom stereocenters. The number of rotatable bonds is 4. The standard InChI is InChI=1S/C12H16N2O3/c1-17-11-4-2-3-10(12(11)14(15)16)7-9-5-6-13-8-9/h2-4,9,13H,5-8H2,1H3. The van der Waals surface area contributed by atoms with E-state index in [0.29, 0.717) is 11.7 Å². The summed E-state index contributed by atoms with van der Waals surface area (Å²) in [5.41, 5.74) is 0.880. The minimum absolute atomic E-state index is 0.113. The molecule has 0 aromatic heterocycles. The fraction of sp³-hybridized carbons (Fsp3) is 0.500. The lowest BCUT2D eigenvalue weighted by atomic mass is 9.97. The van der Waals surface area contributed by atoms with Crippen LogP contribution >= 0.6 is 0 Å². The molecule has 92 valence electrons. The zero-order chi connectivity index (χ0) is 12.3. The Balaban J connectivity index is 2.28. The number of ether oxygens (including phenoxy) is 1. The summed E-state index contributed by atoms with van der Waals surface area (Å²) in [6, 6.07) is 5.26. The van der Waals surface area contributed by atoms with E-state index >= 15 is 0 Å². The first kappa shape index (κ1) is 11.9. The van der Waals surface area contributed by atoms with Gasteiger partial charge >= 0.3 is 5.69 Å². The summed E-state index contributed by atoms with van der Waals surface area (Å²) in [5.74, 6) is 0.833. The average Bonchev–Trinajstić information content (AvgIpc) is 2.81. The van der Waals surface area contributed by atoms with Gasteiger partial charge in [0.25, 0.3) is 0 Å². The topological polar surface area (TPSA) is 64.4 Å². The number of benzene rings is 1. The van der Waals surface area contributed by atoms with Crippen LogP contribution in [0.5, 0.6) is 5.75 Å². The molecule has 1 N–H and O–H groups in total. The van der Waals surface area contributed by atoms with Crippen LogP contribution in [-0.2, 0) is 6.42 Å². The van der Waals surface area contributed by atoms with Crippen molar-refractivity contribution in [3.8, 4) is 5.75 Å². The summed E-state index contributed by atoms with van der Waals surface area (Å²) in [4.78, 5) is 10.7. The first-order valence-electron chi connectivity index (χ1n) is 5.73. The predicted octanol–water partition coefficient (Wildman–Crippen LogP) is 1.76. The second kappa shape index (κ2) is 5.14. The van der Waals surface area contributed by atoms with Gasteiger partial charge in [0.1, 0.15) is 0 Å². The van der Waals surface area contributed by atoms with Crippen molar-refractivity contribution in [2.24, 2.45) is 5.92 Å². The third-order valence-corrected chi connectivity index (χ3v) is 3.16. The Kier molecular flexibility index (Phi) is 3.58. The zero-order valence-corrected chi connectivity index (χ0v) is 9.81. The lowest BCUT2D eigenvalue weighted by molar-refractivity contribution is -0.386. The second-order valence-electron chi connectivity index (χ2n) is 4.29. The number of para-hydroxylation sites is 1. The van der Waals surface area contributed by atoms with Gasteiger partial charge < -0.3 is 10.1 Å². The van der Waals surface area contributed by atoms with E-state index in [4.69, 9.17) is 4.74 Å². The summed E-state index contributed by atoms with van der Waals surface area (Å²) in [6.45, 7) is 1.94. The Bertz CT molecular complexity index is 414. The Morgan fingerprint density at radius 3 is 3.00 bits per heavy atom. The van der Waals surface area contributed by atoms with Crippen LogP contribution in [0.25, 0.3) is 0 Å². The van der Waals surface area contributed by atoms with Crippen LogP contribution in [0.3, 0.4) is 0 Å². The average molecular weight is 236 g/mol. The number of nitrogens with one attached hydrogen (secondary N) is 1. The van der Waals surface area contributed by atoms with Crippen molar-refractivity contribution < 1.29 is 9.66 Å². The smallest absolute Gasteiger partial charge is 0.314 e. The van der Waals surface area contributed by atoms with E-state index < -0.39 is 0 Å². The van der Waals surface area contributed by atoms with Gasteiger partial charge in [0.05, 0.1) is 12.0 Å². The van der Waals surface area contributed by atoms with Crippen molar-refractivity contribution in [1.82, 2.24) is 5.32 Å². The van der Waals surface area contributed by atoms with E-state index in [0.717, 1.165) is 31.5 Å². The molecule has 0 spiro atoms. The third kappa shape index (κ3) is 2.55. The normalized spacial score (nSPS) is 19.2. The number of nitro groups is 1. The fourth-order valence-corrected chi connectivity index (χ4v) is 2.30. The van der Waals surface area contributed by atoms with E-state index in [2.05, 4.69) is 5.32 Å². The van der Waals surface area contributed by atoms with Crippen LogP contribution in [-0.4, -0.2) is 25.1 Å². The maximum atomic E-state index is 11.1. The Morgan fingerprint density at radius 1 is 1.59 bits per heavy atom. The highest BCUT2D eigenvalue weighted by molar-refractivity contribution is 5.52. The molecule has 0 bridgehead atoms. The summed E-state index contributed by atoms with van der Waals surface area (Å²) < 4.78 is 5.05. The molecule has 17 heavy (non-hydrogen) atoms. The van der Waals surface area contributed by atoms with Crippen LogP contribution < -0.4 is 10.1 Å². The van der Waals surface area contributed by atoms with Gasteiger partial charge in [-0.05, 0) is 37.9 Å². The van der Waals surface area contributed by atoms with Gasteiger partial charge in [-0.2, -0.15) is 0 Å². The molecule has 1 fully saturated rings. The first-order chi connectivity index (χ1) is 8.22. The largest absolute Gasteiger partial charge is 0.490 e. The van der Waals surface area contributed by atoms with Crippen LogP contribution in [0.4, 0.5) is 5.69 Å². The molecule has 0 amide bonds. The van der Waals surface area contributed by atoms with E-state index in [1.54, 1.807) is 6.07 Å². The summed E-state index contributed by atoms with van der Waals surface area (Å²) in [6.07, 6.45) is 1.81. The SMILES string of the molecule is COc1cccc(CC2CCNC2)c1[N+](=O)[O-]. The van der Waals surface area contributed by atoms with Crippen molar-refractivity contribution in [3.05, 3.63) is 33.9 Å². The van der Waals surface area contributed by atoms with Crippen LogP contribution in [0, 0.1) is 16.0 Å². The molecule has 0 saturated carbocycles. The molecule has 1 aliphatic rings. The number of nitrogens with zero attached hydrogens (tertiary/aromatic N) is 1. The molecule has 1 heterocycles. The number of hydrogen-bond acceptors (Lipinski definition) is 4. The van der Waals surface area contributed by atoms with E-state index in [1.165, 1.54) is 7.11 Å². The third-order valence-electron chi connectivity index (χ3n) is 3.16. The summed E-state index contributed by atoms with van der Waals surface area (Å²) >= 11 is 0. The molecule has 2 rings (SSSR count). The molecular formula is C12H16N2O3. The molecular weight excluding hydrogens is 220 g/mol. The van der Waals surface area contributed by atoms with E-state index in [1.807, 2.05) is 12.1 Å². The second-order valence-corrected chi connectivity index (χ2v) is 4.29. The molecule has 1 atom stereocenters. The Labute approximate surface area is 99.9 Å². The zero-order valence-electron chi connectivity index (χ0n) is 9.81. The Hall–Kier alpha value is -1.62. The highest BCUT2D eigenvalue weighted by Crippen LogP contribution is 2.32. The number of nitro benzene ring substituents is 1. The summed E-state index contributed by atoms with van der Waals surface area (Å²) in [5, 5.41) is 14.4. The molecule has 1 aromatic carbocycles. The molecule has 5 heteroatoms. The first-order valence-corrected chi connectivity index (χ1v) is 5.73. The van der Waals surface area contributed by atoms with Crippen molar-refractivity contribution in [2.75, 3.05) is 20.2 Å². The number of methoxy groups -OCH3 is 1. The van der Waals surface area contributed by atoms with E-state index in [9.17, 15) is 10.1 Å². The van der Waals surface area contributed by atoms with Gasteiger partial charge in [0.15, 0.2) is 5.75 Å². The monoisotopic (exact) mass is 236 g/mol. The van der Waals surface area contributed by atoms with Gasteiger partial charge in [-0.15, -0.1) is 0 Å². The van der Waals surface area contributed by atoms with Gasteiger partial charge in [0.2, 0.25) is 0 Å². The molecule has 1 aromatic rings. The number of hydrogen-bond donors (Lipinski definition) is 1.